The number of hydrogen-bond donors (Lipinski definition) is 1. The van der Waals surface area contributed by atoms with Gasteiger partial charge in [-0.1, -0.05) is 15.9 Å². The van der Waals surface area contributed by atoms with E-state index < -0.39 is 23.7 Å². The molecule has 0 aliphatic carbocycles. The number of nitrogens with two attached hydrogens (primary N) is 1. The number of halogens is 1. The molecule has 1 aliphatic rings. The van der Waals surface area contributed by atoms with Gasteiger partial charge in [0.2, 0.25) is 11.9 Å². The fourth-order valence-corrected chi connectivity index (χ4v) is 3.69. The van der Waals surface area contributed by atoms with Crippen LogP contribution in [0.5, 0.6) is 0 Å². The Hall–Kier alpha value is -2.88. The van der Waals surface area contributed by atoms with Crippen LogP contribution in [-0.2, 0) is 24.9 Å². The van der Waals surface area contributed by atoms with Crippen molar-refractivity contribution < 1.29 is 4.79 Å². The van der Waals surface area contributed by atoms with E-state index in [9.17, 15) is 14.4 Å². The molecule has 140 valence electrons. The summed E-state index contributed by atoms with van der Waals surface area (Å²) in [6.07, 6.45) is 0.812. The van der Waals surface area contributed by atoms with Crippen molar-refractivity contribution in [2.75, 3.05) is 11.4 Å². The predicted molar refractivity (Wildman–Crippen MR) is 104 cm³/mol. The summed E-state index contributed by atoms with van der Waals surface area (Å²) in [4.78, 5) is 43.3. The maximum absolute atomic E-state index is 12.9. The lowest BCUT2D eigenvalue weighted by Gasteiger charge is -2.29. The first kappa shape index (κ1) is 17.5. The van der Waals surface area contributed by atoms with Crippen LogP contribution in [0.1, 0.15) is 6.42 Å². The quantitative estimate of drug-likeness (QED) is 0.654. The average Bonchev–Trinajstić information content (AvgIpc) is 3.04. The van der Waals surface area contributed by atoms with Crippen LogP contribution in [0.25, 0.3) is 11.2 Å². The highest BCUT2D eigenvalue weighted by atomic mass is 79.9. The second-order valence-corrected chi connectivity index (χ2v) is 7.33. The molecule has 27 heavy (non-hydrogen) atoms. The van der Waals surface area contributed by atoms with Gasteiger partial charge in [-0.2, -0.15) is 4.98 Å². The Morgan fingerprint density at radius 1 is 1.22 bits per heavy atom. The van der Waals surface area contributed by atoms with Crippen molar-refractivity contribution in [3.63, 3.8) is 0 Å². The molecule has 3 heterocycles. The van der Waals surface area contributed by atoms with E-state index in [1.807, 2.05) is 29.2 Å². The molecule has 9 nitrogen and oxygen atoms in total. The Labute approximate surface area is 161 Å². The summed E-state index contributed by atoms with van der Waals surface area (Å²) in [6.45, 7) is 0.885. The highest BCUT2D eigenvalue weighted by Gasteiger charge is 2.27. The smallest absolute Gasteiger partial charge is 0.332 e. The van der Waals surface area contributed by atoms with Crippen molar-refractivity contribution in [3.05, 3.63) is 49.6 Å². The van der Waals surface area contributed by atoms with Crippen molar-refractivity contribution in [2.45, 2.75) is 19.5 Å². The topological polar surface area (TPSA) is 108 Å². The largest absolute Gasteiger partial charge is 0.368 e. The van der Waals surface area contributed by atoms with E-state index in [0.29, 0.717) is 23.7 Å². The minimum Gasteiger partial charge on any atom is -0.368 e. The first-order valence-electron chi connectivity index (χ1n) is 8.40. The summed E-state index contributed by atoms with van der Waals surface area (Å²) in [5.74, 6) is -0.147. The molecule has 0 bridgehead atoms. The third-order valence-electron chi connectivity index (χ3n) is 4.67. The number of aromatic nitrogens is 4. The molecule has 0 unspecified atom stereocenters. The minimum atomic E-state index is -0.747. The van der Waals surface area contributed by atoms with Crippen LogP contribution in [0.15, 0.2) is 38.3 Å². The summed E-state index contributed by atoms with van der Waals surface area (Å²) in [5.41, 5.74) is 5.57. The van der Waals surface area contributed by atoms with E-state index in [2.05, 4.69) is 20.9 Å². The van der Waals surface area contributed by atoms with Crippen LogP contribution in [-0.4, -0.2) is 31.1 Å². The standard InChI is InChI=1S/C17H17BrN6O3/c1-21-14-13(15(26)24(17(21)27)9-12(19)25)23-8-2-7-22(16(23)20-14)11-5-3-10(18)4-6-11/h3-6H,2,7-9H2,1H3,(H2,19,25). The normalized spacial score (nSPS) is 13.8. The molecule has 0 radical (unpaired) electrons. The van der Waals surface area contributed by atoms with Gasteiger partial charge in [-0.3, -0.25) is 14.2 Å². The predicted octanol–water partition coefficient (Wildman–Crippen LogP) is 0.686. The van der Waals surface area contributed by atoms with Gasteiger partial charge in [-0.25, -0.2) is 9.36 Å². The Bertz CT molecular complexity index is 1170. The molecule has 2 N–H and O–H groups in total. The fourth-order valence-electron chi connectivity index (χ4n) is 3.43. The molecular formula is C17H17BrN6O3. The number of carbonyl (C=O) groups is 1. The Morgan fingerprint density at radius 2 is 1.93 bits per heavy atom. The molecule has 3 aromatic rings. The number of anilines is 2. The monoisotopic (exact) mass is 432 g/mol. The van der Waals surface area contributed by atoms with E-state index >= 15 is 0 Å². The second-order valence-electron chi connectivity index (χ2n) is 6.42. The van der Waals surface area contributed by atoms with Gasteiger partial charge in [0.1, 0.15) is 6.54 Å². The van der Waals surface area contributed by atoms with Gasteiger partial charge in [0.25, 0.3) is 5.56 Å². The van der Waals surface area contributed by atoms with Crippen molar-refractivity contribution in [2.24, 2.45) is 12.8 Å². The average molecular weight is 433 g/mol. The number of nitrogens with zero attached hydrogens (tertiary/aromatic N) is 5. The minimum absolute atomic E-state index is 0.296. The maximum Gasteiger partial charge on any atom is 0.332 e. The number of carbonyl (C=O) groups excluding carboxylic acids is 1. The molecule has 1 aromatic carbocycles. The number of fused-ring (bicyclic) bond motifs is 3. The van der Waals surface area contributed by atoms with Crippen LogP contribution >= 0.6 is 15.9 Å². The molecule has 0 saturated carbocycles. The van der Waals surface area contributed by atoms with Gasteiger partial charge >= 0.3 is 5.69 Å². The van der Waals surface area contributed by atoms with Crippen molar-refractivity contribution in [1.29, 1.82) is 0 Å². The van der Waals surface area contributed by atoms with E-state index in [4.69, 9.17) is 5.73 Å². The number of benzene rings is 1. The van der Waals surface area contributed by atoms with Gasteiger partial charge in [-0.05, 0) is 30.7 Å². The van der Waals surface area contributed by atoms with Gasteiger partial charge in [-0.15, -0.1) is 0 Å². The lowest BCUT2D eigenvalue weighted by molar-refractivity contribution is -0.118. The van der Waals surface area contributed by atoms with Gasteiger partial charge in [0, 0.05) is 30.3 Å². The van der Waals surface area contributed by atoms with E-state index in [1.165, 1.54) is 11.6 Å². The van der Waals surface area contributed by atoms with Gasteiger partial charge < -0.3 is 15.2 Å². The number of hydrogen-bond acceptors (Lipinski definition) is 5. The summed E-state index contributed by atoms with van der Waals surface area (Å²) < 4.78 is 4.91. The molecule has 0 spiro atoms. The van der Waals surface area contributed by atoms with Crippen LogP contribution in [0.2, 0.25) is 0 Å². The summed E-state index contributed by atoms with van der Waals surface area (Å²) in [5, 5.41) is 0. The van der Waals surface area contributed by atoms with Crippen molar-refractivity contribution >= 4 is 44.6 Å². The molecule has 0 saturated heterocycles. The van der Waals surface area contributed by atoms with Crippen LogP contribution in [0.4, 0.5) is 11.6 Å². The molecule has 4 rings (SSSR count). The van der Waals surface area contributed by atoms with Gasteiger partial charge in [0.15, 0.2) is 11.2 Å². The van der Waals surface area contributed by atoms with Crippen LogP contribution < -0.4 is 21.9 Å². The van der Waals surface area contributed by atoms with Gasteiger partial charge in [0.05, 0.1) is 0 Å². The fraction of sp³-hybridized carbons (Fsp3) is 0.294. The summed E-state index contributed by atoms with van der Waals surface area (Å²) >= 11 is 3.42. The maximum atomic E-state index is 12.9. The first-order chi connectivity index (χ1) is 12.9. The Kier molecular flexibility index (Phi) is 4.14. The highest BCUT2D eigenvalue weighted by Crippen LogP contribution is 2.31. The summed E-state index contributed by atoms with van der Waals surface area (Å²) in [6, 6.07) is 7.80. The third-order valence-corrected chi connectivity index (χ3v) is 5.20. The number of primary amides is 1. The summed E-state index contributed by atoms with van der Waals surface area (Å²) in [7, 11) is 1.53. The lowest BCUT2D eigenvalue weighted by Crippen LogP contribution is -2.42. The number of imidazole rings is 1. The molecular weight excluding hydrogens is 416 g/mol. The third kappa shape index (κ3) is 2.76. The first-order valence-corrected chi connectivity index (χ1v) is 9.19. The molecule has 0 fully saturated rings. The van der Waals surface area contributed by atoms with Crippen LogP contribution in [0.3, 0.4) is 0 Å². The zero-order valence-electron chi connectivity index (χ0n) is 14.6. The number of aryl methyl sites for hydroxylation is 2. The zero-order chi connectivity index (χ0) is 19.3. The Morgan fingerprint density at radius 3 is 2.59 bits per heavy atom. The van der Waals surface area contributed by atoms with Crippen LogP contribution in [0, 0.1) is 0 Å². The SMILES string of the molecule is Cn1c(=O)n(CC(N)=O)c(=O)c2c1nc1n2CCCN1c1ccc(Br)cc1. The lowest BCUT2D eigenvalue weighted by atomic mass is 10.2. The molecule has 0 atom stereocenters. The zero-order valence-corrected chi connectivity index (χ0v) is 16.1. The highest BCUT2D eigenvalue weighted by molar-refractivity contribution is 9.10. The molecule has 2 aromatic heterocycles. The number of amides is 1. The molecule has 1 aliphatic heterocycles. The molecule has 10 heteroatoms. The second kappa shape index (κ2) is 6.38. The van der Waals surface area contributed by atoms with Crippen molar-refractivity contribution in [3.8, 4) is 0 Å². The Balaban J connectivity index is 1.98. The van der Waals surface area contributed by atoms with E-state index in [1.54, 1.807) is 4.57 Å². The van der Waals surface area contributed by atoms with E-state index in [-0.39, 0.29) is 0 Å². The molecule has 1 amide bonds. The van der Waals surface area contributed by atoms with E-state index in [0.717, 1.165) is 27.7 Å². The van der Waals surface area contributed by atoms with Crippen molar-refractivity contribution in [1.82, 2.24) is 18.7 Å². The number of rotatable bonds is 3.